The van der Waals surface area contributed by atoms with Gasteiger partial charge in [0.05, 0.1) is 24.3 Å². The number of rotatable bonds is 5. The first-order chi connectivity index (χ1) is 8.20. The van der Waals surface area contributed by atoms with Crippen LogP contribution in [0.15, 0.2) is 23.1 Å². The average molecular weight is 234 g/mol. The highest BCUT2D eigenvalue weighted by atomic mass is 16.4. The third kappa shape index (κ3) is 2.74. The zero-order valence-electron chi connectivity index (χ0n) is 10.5. The van der Waals surface area contributed by atoms with Crippen molar-refractivity contribution in [1.29, 1.82) is 0 Å². The van der Waals surface area contributed by atoms with Gasteiger partial charge >= 0.3 is 0 Å². The quantitative estimate of drug-likeness (QED) is 0.860. The fraction of sp³-hybridized carbons (Fsp3) is 0.500. The molecule has 1 atom stereocenters. The number of nitrogens with one attached hydrogen (secondary N) is 1. The predicted molar refractivity (Wildman–Crippen MR) is 64.4 cm³/mol. The molecule has 1 unspecified atom stereocenters. The van der Waals surface area contributed by atoms with E-state index in [0.717, 1.165) is 24.7 Å². The van der Waals surface area contributed by atoms with Crippen LogP contribution in [-0.4, -0.2) is 14.5 Å². The molecule has 0 fully saturated rings. The summed E-state index contributed by atoms with van der Waals surface area (Å²) in [6, 6.07) is 0.101. The van der Waals surface area contributed by atoms with E-state index in [2.05, 4.69) is 26.8 Å². The maximum absolute atomic E-state index is 5.48. The maximum atomic E-state index is 5.48. The molecule has 5 heteroatoms. The van der Waals surface area contributed by atoms with Crippen molar-refractivity contribution in [3.8, 4) is 0 Å². The molecule has 2 heterocycles. The summed E-state index contributed by atoms with van der Waals surface area (Å²) in [7, 11) is 0. The molecule has 17 heavy (non-hydrogen) atoms. The number of imidazole rings is 1. The zero-order chi connectivity index (χ0) is 12.3. The Morgan fingerprint density at radius 2 is 2.29 bits per heavy atom. The van der Waals surface area contributed by atoms with Crippen LogP contribution in [0.3, 0.4) is 0 Å². The SMILES string of the molecule is CCn1cncc1CNC(C)c1ncc(C)o1. The third-order valence-corrected chi connectivity index (χ3v) is 2.74. The Morgan fingerprint density at radius 1 is 1.47 bits per heavy atom. The summed E-state index contributed by atoms with van der Waals surface area (Å²) in [5, 5.41) is 3.37. The highest BCUT2D eigenvalue weighted by molar-refractivity contribution is 5.00. The Balaban J connectivity index is 1.94. The van der Waals surface area contributed by atoms with Crippen LogP contribution in [0, 0.1) is 6.92 Å². The summed E-state index contributed by atoms with van der Waals surface area (Å²) in [6.07, 6.45) is 5.46. The second-order valence-electron chi connectivity index (χ2n) is 4.08. The average Bonchev–Trinajstić information content (AvgIpc) is 2.94. The summed E-state index contributed by atoms with van der Waals surface area (Å²) >= 11 is 0. The Hall–Kier alpha value is -1.62. The van der Waals surface area contributed by atoms with Gasteiger partial charge in [-0.1, -0.05) is 0 Å². The van der Waals surface area contributed by atoms with Gasteiger partial charge in [0.15, 0.2) is 0 Å². The van der Waals surface area contributed by atoms with E-state index in [1.54, 1.807) is 6.20 Å². The minimum absolute atomic E-state index is 0.101. The zero-order valence-corrected chi connectivity index (χ0v) is 10.5. The van der Waals surface area contributed by atoms with Gasteiger partial charge in [-0.25, -0.2) is 9.97 Å². The molecule has 0 spiro atoms. The molecule has 0 aromatic carbocycles. The molecule has 5 nitrogen and oxygen atoms in total. The van der Waals surface area contributed by atoms with Crippen molar-refractivity contribution < 1.29 is 4.42 Å². The minimum atomic E-state index is 0.101. The molecule has 2 rings (SSSR count). The topological polar surface area (TPSA) is 55.9 Å². The summed E-state index contributed by atoms with van der Waals surface area (Å²) in [4.78, 5) is 8.34. The van der Waals surface area contributed by atoms with Crippen LogP contribution in [0.25, 0.3) is 0 Å². The summed E-state index contributed by atoms with van der Waals surface area (Å²) in [5.74, 6) is 1.57. The maximum Gasteiger partial charge on any atom is 0.211 e. The van der Waals surface area contributed by atoms with Gasteiger partial charge in [0.1, 0.15) is 5.76 Å². The lowest BCUT2D eigenvalue weighted by Crippen LogP contribution is -2.20. The summed E-state index contributed by atoms with van der Waals surface area (Å²) in [5.41, 5.74) is 1.17. The predicted octanol–water partition coefficient (Wildman–Crippen LogP) is 2.05. The fourth-order valence-corrected chi connectivity index (χ4v) is 1.70. The number of nitrogens with zero attached hydrogens (tertiary/aromatic N) is 3. The molecule has 0 radical (unpaired) electrons. The van der Waals surface area contributed by atoms with Gasteiger partial charge in [-0.05, 0) is 20.8 Å². The lowest BCUT2D eigenvalue weighted by Gasteiger charge is -2.11. The summed E-state index contributed by atoms with van der Waals surface area (Å²) < 4.78 is 7.59. The summed E-state index contributed by atoms with van der Waals surface area (Å²) in [6.45, 7) is 7.74. The van der Waals surface area contributed by atoms with Crippen LogP contribution < -0.4 is 5.32 Å². The van der Waals surface area contributed by atoms with Crippen LogP contribution in [-0.2, 0) is 13.1 Å². The first-order valence-corrected chi connectivity index (χ1v) is 5.85. The molecule has 0 saturated heterocycles. The molecule has 0 bridgehead atoms. The van der Waals surface area contributed by atoms with Gasteiger partial charge in [0.2, 0.25) is 5.89 Å². The second-order valence-corrected chi connectivity index (χ2v) is 4.08. The van der Waals surface area contributed by atoms with Crippen LogP contribution >= 0.6 is 0 Å². The highest BCUT2D eigenvalue weighted by Gasteiger charge is 2.11. The molecule has 0 saturated carbocycles. The number of hydrogen-bond acceptors (Lipinski definition) is 4. The van der Waals surface area contributed by atoms with Crippen molar-refractivity contribution in [2.75, 3.05) is 0 Å². The van der Waals surface area contributed by atoms with Gasteiger partial charge < -0.3 is 14.3 Å². The first-order valence-electron chi connectivity index (χ1n) is 5.85. The van der Waals surface area contributed by atoms with Crippen molar-refractivity contribution in [2.24, 2.45) is 0 Å². The van der Waals surface area contributed by atoms with E-state index in [1.807, 2.05) is 26.4 Å². The molecule has 0 aliphatic carbocycles. The van der Waals surface area contributed by atoms with Gasteiger partial charge in [-0.3, -0.25) is 0 Å². The smallest absolute Gasteiger partial charge is 0.211 e. The molecular formula is C12H18N4O. The Labute approximate surface area is 101 Å². The van der Waals surface area contributed by atoms with E-state index in [4.69, 9.17) is 4.42 Å². The highest BCUT2D eigenvalue weighted by Crippen LogP contribution is 2.12. The molecule has 0 amide bonds. The molecule has 2 aromatic rings. The molecule has 2 aromatic heterocycles. The molecule has 92 valence electrons. The molecule has 0 aliphatic heterocycles. The lowest BCUT2D eigenvalue weighted by molar-refractivity contribution is 0.399. The number of hydrogen-bond donors (Lipinski definition) is 1. The van der Waals surface area contributed by atoms with E-state index in [-0.39, 0.29) is 6.04 Å². The van der Waals surface area contributed by atoms with Gasteiger partial charge in [-0.15, -0.1) is 0 Å². The second kappa shape index (κ2) is 5.14. The number of aromatic nitrogens is 3. The van der Waals surface area contributed by atoms with E-state index in [0.29, 0.717) is 0 Å². The van der Waals surface area contributed by atoms with Crippen molar-refractivity contribution >= 4 is 0 Å². The van der Waals surface area contributed by atoms with E-state index in [1.165, 1.54) is 5.69 Å². The molecule has 1 N–H and O–H groups in total. The molecule has 0 aliphatic rings. The Morgan fingerprint density at radius 3 is 2.94 bits per heavy atom. The van der Waals surface area contributed by atoms with Crippen molar-refractivity contribution in [3.63, 3.8) is 0 Å². The van der Waals surface area contributed by atoms with E-state index >= 15 is 0 Å². The fourth-order valence-electron chi connectivity index (χ4n) is 1.70. The van der Waals surface area contributed by atoms with E-state index in [9.17, 15) is 0 Å². The molecular weight excluding hydrogens is 216 g/mol. The van der Waals surface area contributed by atoms with E-state index < -0.39 is 0 Å². The van der Waals surface area contributed by atoms with Gasteiger partial charge in [0, 0.05) is 19.3 Å². The third-order valence-electron chi connectivity index (χ3n) is 2.74. The van der Waals surface area contributed by atoms with Gasteiger partial charge in [-0.2, -0.15) is 0 Å². The largest absolute Gasteiger partial charge is 0.444 e. The van der Waals surface area contributed by atoms with Crippen molar-refractivity contribution in [3.05, 3.63) is 36.1 Å². The number of oxazole rings is 1. The van der Waals surface area contributed by atoms with Crippen LogP contribution in [0.5, 0.6) is 0 Å². The van der Waals surface area contributed by atoms with Crippen molar-refractivity contribution in [2.45, 2.75) is 39.9 Å². The minimum Gasteiger partial charge on any atom is -0.444 e. The lowest BCUT2D eigenvalue weighted by atomic mass is 10.3. The van der Waals surface area contributed by atoms with Gasteiger partial charge in [0.25, 0.3) is 0 Å². The standard InChI is InChI=1S/C12H18N4O/c1-4-16-8-13-6-11(16)7-14-10(3)12-15-5-9(2)17-12/h5-6,8,10,14H,4,7H2,1-3H3. The Kier molecular flexibility index (Phi) is 3.58. The Bertz CT molecular complexity index is 474. The normalized spacial score (nSPS) is 12.9. The van der Waals surface area contributed by atoms with Crippen LogP contribution in [0.2, 0.25) is 0 Å². The monoisotopic (exact) mass is 234 g/mol. The first kappa shape index (κ1) is 11.9. The van der Waals surface area contributed by atoms with Crippen LogP contribution in [0.1, 0.15) is 37.2 Å². The van der Waals surface area contributed by atoms with Crippen LogP contribution in [0.4, 0.5) is 0 Å². The number of aryl methyl sites for hydroxylation is 2. The van der Waals surface area contributed by atoms with Crippen molar-refractivity contribution in [1.82, 2.24) is 19.9 Å².